The number of ether oxygens (including phenoxy) is 2. The first-order chi connectivity index (χ1) is 25.8. The van der Waals surface area contributed by atoms with Gasteiger partial charge in [0, 0.05) is 20.9 Å². The Balaban J connectivity index is 0.000000165. The molecule has 0 bridgehead atoms. The van der Waals surface area contributed by atoms with E-state index in [-0.39, 0.29) is 45.5 Å². The molecule has 2 aromatic heterocycles. The molecule has 2 N–H and O–H groups in total. The lowest BCUT2D eigenvalue weighted by molar-refractivity contribution is 0.00578. The molecule has 3 fully saturated rings. The van der Waals surface area contributed by atoms with Gasteiger partial charge in [0.25, 0.3) is 0 Å². The number of hydrogen-bond acceptors (Lipinski definition) is 10. The third-order valence-corrected chi connectivity index (χ3v) is 12.2. The van der Waals surface area contributed by atoms with Crippen molar-refractivity contribution in [3.05, 3.63) is 64.4 Å². The van der Waals surface area contributed by atoms with Crippen molar-refractivity contribution in [3.63, 3.8) is 0 Å². The van der Waals surface area contributed by atoms with Crippen LogP contribution < -0.4 is 5.46 Å². The normalized spacial score (nSPS) is 21.0. The number of fused-ring (bicyclic) bond motifs is 2. The molecule has 0 spiro atoms. The maximum atomic E-state index is 11.8. The maximum absolute atomic E-state index is 11.8. The van der Waals surface area contributed by atoms with Gasteiger partial charge in [0.05, 0.1) is 46.8 Å². The molecule has 0 saturated carbocycles. The lowest BCUT2D eigenvalue weighted by atomic mass is 9.49. The summed E-state index contributed by atoms with van der Waals surface area (Å²) in [7, 11) is -1.36. The molecule has 3 saturated heterocycles. The van der Waals surface area contributed by atoms with Crippen LogP contribution in [0.3, 0.4) is 0 Å². The molecular weight excluding hydrogens is 781 g/mol. The third kappa shape index (κ3) is 8.96. The van der Waals surface area contributed by atoms with E-state index in [1.165, 1.54) is 0 Å². The highest BCUT2D eigenvalue weighted by Gasteiger charge is 2.63. The van der Waals surface area contributed by atoms with Gasteiger partial charge in [-0.15, -0.1) is 0 Å². The van der Waals surface area contributed by atoms with Crippen molar-refractivity contribution < 1.29 is 47.0 Å². The summed E-state index contributed by atoms with van der Waals surface area (Å²) in [5, 5.41) is 1.92. The van der Waals surface area contributed by atoms with Gasteiger partial charge < -0.3 is 47.4 Å². The average molecular weight is 837 g/mol. The summed E-state index contributed by atoms with van der Waals surface area (Å²) in [5.41, 5.74) is 1.49. The Kier molecular flexibility index (Phi) is 12.5. The van der Waals surface area contributed by atoms with E-state index in [0.717, 1.165) is 31.7 Å². The molecule has 0 amide bonds. The summed E-state index contributed by atoms with van der Waals surface area (Å²) in [6.07, 6.45) is 0. The fourth-order valence-electron chi connectivity index (χ4n) is 6.03. The van der Waals surface area contributed by atoms with Crippen LogP contribution in [0, 0.1) is 0 Å². The van der Waals surface area contributed by atoms with E-state index in [9.17, 15) is 9.59 Å². The lowest BCUT2D eigenvalue weighted by Crippen LogP contribution is -2.41. The number of aromatic nitrogens is 2. The average Bonchev–Trinajstić information content (AvgIpc) is 3.85. The standard InChI is InChI=1S/C17H22BNO4.C12H24B2O4.C11H10BrNO2/c1-6-21-15(20)14-10-11-9-12(7-8-13(11)19-14)18-22-16(2,3)17(4,5)23-18;1-9(2)10(3,4)16-13(15-9)14-17-11(5,6)12(7,8)18-14;1-2-15-11(14)10-6-7-8(12)4-3-5-9(7)13-10/h7-10,19H,6H2,1-5H3;1-8H3;3-6,13H,2H2,1H3. The second-order valence-corrected chi connectivity index (χ2v) is 18.0. The Morgan fingerprint density at radius 2 is 1.02 bits per heavy atom. The van der Waals surface area contributed by atoms with E-state index < -0.39 is 21.1 Å². The molecule has 12 nitrogen and oxygen atoms in total. The highest BCUT2D eigenvalue weighted by atomic mass is 79.9. The van der Waals surface area contributed by atoms with Crippen LogP contribution in [-0.2, 0) is 37.4 Å². The predicted molar refractivity (Wildman–Crippen MR) is 224 cm³/mol. The summed E-state index contributed by atoms with van der Waals surface area (Å²) in [4.78, 5) is 29.4. The van der Waals surface area contributed by atoms with Crippen molar-refractivity contribution in [2.45, 2.75) is 131 Å². The second-order valence-electron chi connectivity index (χ2n) is 17.2. The molecule has 56 heavy (non-hydrogen) atoms. The Morgan fingerprint density at radius 1 is 0.589 bits per heavy atom. The van der Waals surface area contributed by atoms with Gasteiger partial charge in [-0.25, -0.2) is 9.59 Å². The Morgan fingerprint density at radius 3 is 1.46 bits per heavy atom. The topological polar surface area (TPSA) is 140 Å². The quantitative estimate of drug-likeness (QED) is 0.145. The molecule has 3 aliphatic rings. The first-order valence-electron chi connectivity index (χ1n) is 19.1. The number of hydrogen-bond donors (Lipinski definition) is 2. The molecule has 0 aliphatic carbocycles. The Bertz CT molecular complexity index is 1980. The number of aromatic amines is 2. The third-order valence-electron chi connectivity index (χ3n) is 11.5. The number of rotatable bonds is 6. The minimum Gasteiger partial charge on any atom is -0.461 e. The van der Waals surface area contributed by atoms with Gasteiger partial charge in [-0.2, -0.15) is 0 Å². The number of carbonyl (C=O) groups excluding carboxylic acids is 2. The van der Waals surface area contributed by atoms with Crippen molar-refractivity contribution in [1.29, 1.82) is 0 Å². The smallest absolute Gasteiger partial charge is 0.461 e. The SMILES string of the molecule is CC1(C)OB(B2OC(C)(C)C(C)(C)O2)OC1(C)C.CCOC(=O)c1cc2c(Br)cccc2[nH]1.CCOC(=O)c1cc2cc(B3OC(C)(C)C(C)(C)O3)ccc2[nH]1. The summed E-state index contributed by atoms with van der Waals surface area (Å²) in [6.45, 7) is 28.6. The largest absolute Gasteiger partial charge is 0.494 e. The van der Waals surface area contributed by atoms with Crippen LogP contribution >= 0.6 is 15.9 Å². The minimum absolute atomic E-state index is 0.319. The maximum Gasteiger partial charge on any atom is 0.494 e. The molecule has 16 heteroatoms. The van der Waals surface area contributed by atoms with Crippen molar-refractivity contribution in [2.24, 2.45) is 0 Å². The molecule has 5 heterocycles. The fourth-order valence-corrected chi connectivity index (χ4v) is 6.51. The first kappa shape index (κ1) is 44.0. The van der Waals surface area contributed by atoms with Crippen molar-refractivity contribution >= 4 is 76.3 Å². The zero-order chi connectivity index (χ0) is 41.6. The zero-order valence-corrected chi connectivity index (χ0v) is 36.8. The minimum atomic E-state index is -0.476. The van der Waals surface area contributed by atoms with Gasteiger partial charge in [0.1, 0.15) is 11.4 Å². The highest BCUT2D eigenvalue weighted by molar-refractivity contribution is 9.10. The van der Waals surface area contributed by atoms with E-state index >= 15 is 0 Å². The summed E-state index contributed by atoms with van der Waals surface area (Å²) in [5.74, 6) is -0.665. The molecule has 0 atom stereocenters. The van der Waals surface area contributed by atoms with E-state index in [4.69, 9.17) is 37.4 Å². The van der Waals surface area contributed by atoms with Crippen LogP contribution in [0.2, 0.25) is 0 Å². The number of H-pyrrole nitrogens is 2. The van der Waals surface area contributed by atoms with Gasteiger partial charge in [0.15, 0.2) is 0 Å². The summed E-state index contributed by atoms with van der Waals surface area (Å²) < 4.78 is 46.9. The molecule has 0 radical (unpaired) electrons. The van der Waals surface area contributed by atoms with Crippen LogP contribution in [0.15, 0.2) is 53.0 Å². The van der Waals surface area contributed by atoms with Gasteiger partial charge in [-0.3, -0.25) is 0 Å². The van der Waals surface area contributed by atoms with Crippen LogP contribution in [-0.4, -0.2) is 89.9 Å². The van der Waals surface area contributed by atoms with E-state index in [2.05, 4.69) is 25.9 Å². The van der Waals surface area contributed by atoms with Crippen molar-refractivity contribution in [2.75, 3.05) is 13.2 Å². The molecule has 3 aliphatic heterocycles. The Labute approximate surface area is 340 Å². The number of benzene rings is 2. The first-order valence-corrected chi connectivity index (χ1v) is 19.9. The molecule has 2 aromatic carbocycles. The van der Waals surface area contributed by atoms with Crippen LogP contribution in [0.25, 0.3) is 21.8 Å². The van der Waals surface area contributed by atoms with Crippen LogP contribution in [0.5, 0.6) is 0 Å². The lowest BCUT2D eigenvalue weighted by Gasteiger charge is -2.32. The molecule has 7 rings (SSSR count). The fraction of sp³-hybridized carbons (Fsp3) is 0.550. The number of nitrogens with one attached hydrogen (secondary N) is 2. The van der Waals surface area contributed by atoms with Gasteiger partial charge >= 0.3 is 33.1 Å². The number of halogens is 1. The predicted octanol–water partition coefficient (Wildman–Crippen LogP) is 8.00. The van der Waals surface area contributed by atoms with Gasteiger partial charge in [0.2, 0.25) is 0 Å². The summed E-state index contributed by atoms with van der Waals surface area (Å²) in [6, 6.07) is 15.2. The summed E-state index contributed by atoms with van der Waals surface area (Å²) >= 11 is 3.43. The van der Waals surface area contributed by atoms with E-state index in [1.807, 2.05) is 119 Å². The molecule has 0 unspecified atom stereocenters. The van der Waals surface area contributed by atoms with Crippen molar-refractivity contribution in [3.8, 4) is 0 Å². The van der Waals surface area contributed by atoms with Gasteiger partial charge in [-0.1, -0.05) is 34.1 Å². The van der Waals surface area contributed by atoms with Crippen LogP contribution in [0.4, 0.5) is 0 Å². The highest BCUT2D eigenvalue weighted by Crippen LogP contribution is 2.43. The van der Waals surface area contributed by atoms with E-state index in [0.29, 0.717) is 24.6 Å². The van der Waals surface area contributed by atoms with Crippen LogP contribution in [0.1, 0.15) is 118 Å². The molecular formula is C40H56B3BrN2O10. The van der Waals surface area contributed by atoms with Crippen molar-refractivity contribution in [1.82, 2.24) is 9.97 Å². The van der Waals surface area contributed by atoms with E-state index in [1.54, 1.807) is 26.0 Å². The molecule has 4 aromatic rings. The number of esters is 2. The monoisotopic (exact) mass is 836 g/mol. The zero-order valence-electron chi connectivity index (χ0n) is 35.2. The van der Waals surface area contributed by atoms with Gasteiger partial charge in [-0.05, 0) is 138 Å². The molecule has 302 valence electrons. The number of carbonyl (C=O) groups is 2. The second kappa shape index (κ2) is 15.9. The Hall–Kier alpha value is -3.11.